The summed E-state index contributed by atoms with van der Waals surface area (Å²) in [6.45, 7) is 1.95. The van der Waals surface area contributed by atoms with Crippen LogP contribution in [0.2, 0.25) is 0 Å². The van der Waals surface area contributed by atoms with Crippen molar-refractivity contribution in [2.24, 2.45) is 0 Å². The van der Waals surface area contributed by atoms with E-state index in [4.69, 9.17) is 15.2 Å². The minimum Gasteiger partial charge on any atom is -0.497 e. The average Bonchev–Trinajstić information content (AvgIpc) is 2.50. The van der Waals surface area contributed by atoms with Gasteiger partial charge in [0, 0.05) is 11.6 Å². The van der Waals surface area contributed by atoms with Gasteiger partial charge in [0.05, 0.1) is 32.0 Å². The first-order valence-electron chi connectivity index (χ1n) is 6.90. The Morgan fingerprint density at radius 1 is 1.14 bits per heavy atom. The van der Waals surface area contributed by atoms with E-state index in [1.807, 2.05) is 25.1 Å². The summed E-state index contributed by atoms with van der Waals surface area (Å²) in [5.41, 5.74) is 8.90. The van der Waals surface area contributed by atoms with Gasteiger partial charge in [-0.1, -0.05) is 12.1 Å². The molecule has 0 saturated heterocycles. The molecule has 0 saturated carbocycles. The molecule has 0 aromatic heterocycles. The van der Waals surface area contributed by atoms with E-state index in [9.17, 15) is 4.79 Å². The van der Waals surface area contributed by atoms with Gasteiger partial charge in [-0.05, 0) is 30.7 Å². The minimum atomic E-state index is -0.154. The Balaban J connectivity index is 2.12. The fourth-order valence-corrected chi connectivity index (χ4v) is 2.16. The number of anilines is 2. The van der Waals surface area contributed by atoms with Crippen molar-refractivity contribution >= 4 is 17.3 Å². The Hall–Kier alpha value is -2.69. The Bertz CT molecular complexity index is 684. The number of ether oxygens (including phenoxy) is 2. The number of aryl methyl sites for hydroxylation is 1. The van der Waals surface area contributed by atoms with Crippen LogP contribution in [0.5, 0.6) is 11.5 Å². The standard InChI is InChI=1S/C17H20N2O3/c1-11-4-7-15(14(18)8-11)19-17(20)9-12-5-6-13(21-2)10-16(12)22-3/h4-8,10H,9,18H2,1-3H3,(H,19,20). The van der Waals surface area contributed by atoms with Gasteiger partial charge < -0.3 is 20.5 Å². The van der Waals surface area contributed by atoms with Gasteiger partial charge in [0.1, 0.15) is 11.5 Å². The molecule has 0 atom stereocenters. The molecule has 1 amide bonds. The molecule has 0 spiro atoms. The van der Waals surface area contributed by atoms with Gasteiger partial charge in [-0.3, -0.25) is 4.79 Å². The zero-order chi connectivity index (χ0) is 16.1. The lowest BCUT2D eigenvalue weighted by atomic mass is 10.1. The summed E-state index contributed by atoms with van der Waals surface area (Å²) < 4.78 is 10.4. The number of amides is 1. The van der Waals surface area contributed by atoms with Crippen LogP contribution < -0.4 is 20.5 Å². The molecule has 0 unspecified atom stereocenters. The molecule has 0 radical (unpaired) electrons. The number of methoxy groups -OCH3 is 2. The molecular weight excluding hydrogens is 280 g/mol. The van der Waals surface area contributed by atoms with Crippen LogP contribution >= 0.6 is 0 Å². The summed E-state index contributed by atoms with van der Waals surface area (Å²) in [5, 5.41) is 2.82. The topological polar surface area (TPSA) is 73.6 Å². The number of carbonyl (C=O) groups excluding carboxylic acids is 1. The molecule has 0 aliphatic rings. The first-order valence-corrected chi connectivity index (χ1v) is 6.90. The van der Waals surface area contributed by atoms with Gasteiger partial charge in [-0.25, -0.2) is 0 Å². The zero-order valence-corrected chi connectivity index (χ0v) is 13.0. The Labute approximate surface area is 130 Å². The van der Waals surface area contributed by atoms with Crippen molar-refractivity contribution in [1.82, 2.24) is 0 Å². The lowest BCUT2D eigenvalue weighted by Gasteiger charge is -2.12. The smallest absolute Gasteiger partial charge is 0.228 e. The van der Waals surface area contributed by atoms with Crippen molar-refractivity contribution in [2.75, 3.05) is 25.3 Å². The van der Waals surface area contributed by atoms with Gasteiger partial charge in [0.2, 0.25) is 5.91 Å². The Morgan fingerprint density at radius 3 is 2.55 bits per heavy atom. The highest BCUT2D eigenvalue weighted by molar-refractivity contribution is 5.95. The summed E-state index contributed by atoms with van der Waals surface area (Å²) in [6.07, 6.45) is 0.195. The average molecular weight is 300 g/mol. The maximum absolute atomic E-state index is 12.2. The van der Waals surface area contributed by atoms with Crippen LogP contribution in [0.3, 0.4) is 0 Å². The minimum absolute atomic E-state index is 0.154. The number of hydrogen-bond acceptors (Lipinski definition) is 4. The molecule has 0 bridgehead atoms. The van der Waals surface area contributed by atoms with E-state index in [1.165, 1.54) is 0 Å². The second-order valence-corrected chi connectivity index (χ2v) is 4.99. The zero-order valence-electron chi connectivity index (χ0n) is 13.0. The number of carbonyl (C=O) groups is 1. The Kier molecular flexibility index (Phi) is 4.88. The Morgan fingerprint density at radius 2 is 1.91 bits per heavy atom. The summed E-state index contributed by atoms with van der Waals surface area (Å²) >= 11 is 0. The first kappa shape index (κ1) is 15.7. The number of benzene rings is 2. The molecule has 116 valence electrons. The third-order valence-corrected chi connectivity index (χ3v) is 3.33. The molecule has 5 heteroatoms. The molecule has 5 nitrogen and oxygen atoms in total. The van der Waals surface area contributed by atoms with E-state index in [-0.39, 0.29) is 12.3 Å². The van der Waals surface area contributed by atoms with Gasteiger partial charge in [-0.2, -0.15) is 0 Å². The predicted molar refractivity (Wildman–Crippen MR) is 87.5 cm³/mol. The summed E-state index contributed by atoms with van der Waals surface area (Å²) in [4.78, 5) is 12.2. The lowest BCUT2D eigenvalue weighted by Crippen LogP contribution is -2.16. The van der Waals surface area contributed by atoms with Crippen molar-refractivity contribution in [3.63, 3.8) is 0 Å². The van der Waals surface area contributed by atoms with Crippen LogP contribution in [-0.4, -0.2) is 20.1 Å². The van der Waals surface area contributed by atoms with Gasteiger partial charge >= 0.3 is 0 Å². The van der Waals surface area contributed by atoms with Crippen molar-refractivity contribution < 1.29 is 14.3 Å². The molecule has 2 aromatic rings. The summed E-state index contributed by atoms with van der Waals surface area (Å²) in [7, 11) is 3.15. The molecule has 3 N–H and O–H groups in total. The van der Waals surface area contributed by atoms with E-state index >= 15 is 0 Å². The quantitative estimate of drug-likeness (QED) is 0.833. The molecule has 0 aliphatic heterocycles. The van der Waals surface area contributed by atoms with Gasteiger partial charge in [-0.15, -0.1) is 0 Å². The highest BCUT2D eigenvalue weighted by Gasteiger charge is 2.11. The van der Waals surface area contributed by atoms with Crippen molar-refractivity contribution in [3.8, 4) is 11.5 Å². The first-order chi connectivity index (χ1) is 10.5. The van der Waals surface area contributed by atoms with Crippen LogP contribution in [0.25, 0.3) is 0 Å². The van der Waals surface area contributed by atoms with E-state index in [0.29, 0.717) is 22.9 Å². The maximum Gasteiger partial charge on any atom is 0.228 e. The molecule has 2 rings (SSSR count). The largest absolute Gasteiger partial charge is 0.497 e. The van der Waals surface area contributed by atoms with Gasteiger partial charge in [0.25, 0.3) is 0 Å². The van der Waals surface area contributed by atoms with E-state index < -0.39 is 0 Å². The SMILES string of the molecule is COc1ccc(CC(=O)Nc2ccc(C)cc2N)c(OC)c1. The normalized spacial score (nSPS) is 10.1. The molecule has 0 aliphatic carbocycles. The van der Waals surface area contributed by atoms with Crippen LogP contribution in [0.4, 0.5) is 11.4 Å². The van der Waals surface area contributed by atoms with Gasteiger partial charge in [0.15, 0.2) is 0 Å². The molecule has 0 heterocycles. The van der Waals surface area contributed by atoms with E-state index in [2.05, 4.69) is 5.32 Å². The summed E-state index contributed by atoms with van der Waals surface area (Å²) in [6, 6.07) is 10.9. The number of hydrogen-bond donors (Lipinski definition) is 2. The molecule has 2 aromatic carbocycles. The number of rotatable bonds is 5. The second-order valence-electron chi connectivity index (χ2n) is 4.99. The second kappa shape index (κ2) is 6.85. The highest BCUT2D eigenvalue weighted by atomic mass is 16.5. The lowest BCUT2D eigenvalue weighted by molar-refractivity contribution is -0.115. The number of nitrogen functional groups attached to an aromatic ring is 1. The third kappa shape index (κ3) is 3.69. The van der Waals surface area contributed by atoms with Crippen LogP contribution in [0.1, 0.15) is 11.1 Å². The van der Waals surface area contributed by atoms with Crippen LogP contribution in [0.15, 0.2) is 36.4 Å². The van der Waals surface area contributed by atoms with Crippen LogP contribution in [0, 0.1) is 6.92 Å². The van der Waals surface area contributed by atoms with Crippen molar-refractivity contribution in [1.29, 1.82) is 0 Å². The van der Waals surface area contributed by atoms with Crippen LogP contribution in [-0.2, 0) is 11.2 Å². The monoisotopic (exact) mass is 300 g/mol. The number of nitrogens with one attached hydrogen (secondary N) is 1. The van der Waals surface area contributed by atoms with E-state index in [0.717, 1.165) is 11.1 Å². The molecule has 0 fully saturated rings. The van der Waals surface area contributed by atoms with Crippen molar-refractivity contribution in [2.45, 2.75) is 13.3 Å². The molecule has 22 heavy (non-hydrogen) atoms. The van der Waals surface area contributed by atoms with Crippen molar-refractivity contribution in [3.05, 3.63) is 47.5 Å². The fourth-order valence-electron chi connectivity index (χ4n) is 2.16. The predicted octanol–water partition coefficient (Wildman–Crippen LogP) is 2.78. The number of nitrogens with two attached hydrogens (primary N) is 1. The maximum atomic E-state index is 12.2. The van der Waals surface area contributed by atoms with E-state index in [1.54, 1.807) is 32.4 Å². The fraction of sp³-hybridized carbons (Fsp3) is 0.235. The highest BCUT2D eigenvalue weighted by Crippen LogP contribution is 2.26. The molecular formula is C17H20N2O3. The summed E-state index contributed by atoms with van der Waals surface area (Å²) in [5.74, 6) is 1.15. The third-order valence-electron chi connectivity index (χ3n) is 3.33.